The highest BCUT2D eigenvalue weighted by atomic mass is 35.5. The van der Waals surface area contributed by atoms with Gasteiger partial charge in [0.25, 0.3) is 5.91 Å². The summed E-state index contributed by atoms with van der Waals surface area (Å²) in [7, 11) is 2.03. The highest BCUT2D eigenvalue weighted by molar-refractivity contribution is 6.33. The molecule has 14 nitrogen and oxygen atoms in total. The molecule has 0 aromatic heterocycles. The number of rotatable bonds is 8. The molecule has 6 rings (SSSR count). The van der Waals surface area contributed by atoms with Crippen molar-refractivity contribution >= 4 is 47.2 Å². The molecule has 3 fully saturated rings. The van der Waals surface area contributed by atoms with Gasteiger partial charge in [0.15, 0.2) is 12.3 Å². The molecule has 0 radical (unpaired) electrons. The van der Waals surface area contributed by atoms with Gasteiger partial charge in [0.1, 0.15) is 0 Å². The Labute approximate surface area is 328 Å². The van der Waals surface area contributed by atoms with Gasteiger partial charge >= 0.3 is 24.5 Å². The van der Waals surface area contributed by atoms with Crippen molar-refractivity contribution in [3.8, 4) is 0 Å². The minimum atomic E-state index is -4.83. The van der Waals surface area contributed by atoms with Crippen LogP contribution in [0, 0.1) is 0 Å². The number of benzene rings is 2. The summed E-state index contributed by atoms with van der Waals surface area (Å²) in [4.78, 5) is 62.7. The Kier molecular flexibility index (Phi) is 13.1. The number of nitrogens with zero attached hydrogens (tertiary/aromatic N) is 5. The van der Waals surface area contributed by atoms with E-state index < -0.39 is 54.3 Å². The topological polar surface area (TPSA) is 150 Å². The molecule has 306 valence electrons. The molecular formula is C38H49ClF3N7O7. The lowest BCUT2D eigenvalue weighted by atomic mass is 10.0. The molecule has 2 aromatic carbocycles. The first-order chi connectivity index (χ1) is 26.7. The number of urea groups is 1. The number of nitrogens with two attached hydrogens (primary N) is 1. The van der Waals surface area contributed by atoms with E-state index in [1.807, 2.05) is 36.2 Å². The van der Waals surface area contributed by atoms with Crippen molar-refractivity contribution in [2.24, 2.45) is 0 Å². The molecule has 4 amide bonds. The highest BCUT2D eigenvalue weighted by Gasteiger charge is 2.41. The summed E-state index contributed by atoms with van der Waals surface area (Å²) < 4.78 is 58.5. The summed E-state index contributed by atoms with van der Waals surface area (Å²) in [5.41, 5.74) is 5.64. The maximum absolute atomic E-state index is 14.4. The Morgan fingerprint density at radius 2 is 1.66 bits per heavy atom. The summed E-state index contributed by atoms with van der Waals surface area (Å²) in [5, 5.41) is 2.62. The van der Waals surface area contributed by atoms with Gasteiger partial charge in [0.05, 0.1) is 29.4 Å². The Morgan fingerprint density at radius 1 is 0.964 bits per heavy atom. The first kappa shape index (κ1) is 41.2. The van der Waals surface area contributed by atoms with Crippen LogP contribution in [0.25, 0.3) is 0 Å². The van der Waals surface area contributed by atoms with Crippen LogP contribution in [0.2, 0.25) is 5.02 Å². The van der Waals surface area contributed by atoms with E-state index in [9.17, 15) is 32.3 Å². The lowest BCUT2D eigenvalue weighted by molar-refractivity contribution is -0.155. The van der Waals surface area contributed by atoms with E-state index in [1.165, 1.54) is 15.9 Å². The van der Waals surface area contributed by atoms with Crippen LogP contribution in [0.5, 0.6) is 0 Å². The fourth-order valence-electron chi connectivity index (χ4n) is 8.00. The lowest BCUT2D eigenvalue weighted by Gasteiger charge is -2.46. The maximum atomic E-state index is 14.4. The number of nitrogens with one attached hydrogen (secondary N) is 1. The number of ether oxygens (including phenoxy) is 3. The van der Waals surface area contributed by atoms with Crippen LogP contribution in [0.15, 0.2) is 36.4 Å². The molecule has 56 heavy (non-hydrogen) atoms. The fourth-order valence-corrected chi connectivity index (χ4v) is 8.24. The second-order valence-electron chi connectivity index (χ2n) is 14.7. The van der Waals surface area contributed by atoms with Gasteiger partial charge in [0, 0.05) is 56.9 Å². The average Bonchev–Trinajstić information content (AvgIpc) is 3.33. The smallest absolute Gasteiger partial charge is 0.436 e. The zero-order valence-corrected chi connectivity index (χ0v) is 32.3. The molecule has 4 aliphatic rings. The zero-order chi connectivity index (χ0) is 40.1. The van der Waals surface area contributed by atoms with Crippen LogP contribution < -0.4 is 11.1 Å². The molecular weight excluding hydrogens is 759 g/mol. The number of likely N-dealkylation sites (tertiary alicyclic amines) is 2. The number of nitrogen functional groups attached to an aromatic ring is 1. The van der Waals surface area contributed by atoms with Crippen molar-refractivity contribution in [3.05, 3.63) is 58.1 Å². The molecule has 18 heteroatoms. The number of piperazine rings is 1. The monoisotopic (exact) mass is 807 g/mol. The fraction of sp³-hybridized carbons (Fsp3) is 0.579. The van der Waals surface area contributed by atoms with Crippen LogP contribution in [-0.2, 0) is 38.0 Å². The number of hydrogen-bond acceptors (Lipinski definition) is 10. The molecule has 2 aromatic rings. The number of anilines is 2. The second-order valence-corrected chi connectivity index (χ2v) is 15.1. The molecule has 4 aliphatic heterocycles. The van der Waals surface area contributed by atoms with Crippen molar-refractivity contribution in [3.63, 3.8) is 0 Å². The van der Waals surface area contributed by atoms with E-state index in [-0.39, 0.29) is 61.5 Å². The molecule has 2 atom stereocenters. The van der Waals surface area contributed by atoms with E-state index in [2.05, 4.69) is 10.2 Å². The van der Waals surface area contributed by atoms with E-state index in [4.69, 9.17) is 31.5 Å². The number of piperidine rings is 2. The van der Waals surface area contributed by atoms with E-state index in [0.717, 1.165) is 43.2 Å². The van der Waals surface area contributed by atoms with Crippen molar-refractivity contribution in [2.45, 2.75) is 76.0 Å². The average molecular weight is 808 g/mol. The van der Waals surface area contributed by atoms with Gasteiger partial charge in [-0.2, -0.15) is 13.2 Å². The predicted octanol–water partition coefficient (Wildman–Crippen LogP) is 5.28. The quantitative estimate of drug-likeness (QED) is 0.267. The minimum Gasteiger partial charge on any atom is -0.436 e. The van der Waals surface area contributed by atoms with E-state index >= 15 is 0 Å². The van der Waals surface area contributed by atoms with E-state index in [1.54, 1.807) is 11.8 Å². The molecule has 3 saturated heterocycles. The number of amides is 4. The number of carbonyl (C=O) groups excluding carboxylic acids is 4. The predicted molar refractivity (Wildman–Crippen MR) is 201 cm³/mol. The molecule has 0 aliphatic carbocycles. The van der Waals surface area contributed by atoms with Gasteiger partial charge in [-0.3, -0.25) is 9.69 Å². The largest absolute Gasteiger partial charge is 0.509 e. The lowest BCUT2D eigenvalue weighted by Crippen LogP contribution is -2.62. The third-order valence-electron chi connectivity index (χ3n) is 11.1. The van der Waals surface area contributed by atoms with Crippen LogP contribution in [0.3, 0.4) is 0 Å². The molecule has 0 spiro atoms. The standard InChI is InChI=1S/C38H49ClF3N7O7/c1-3-54-37(53)56-32-23-47(18-19-48(32)26-9-13-45(2)14-10-26)34(50)31(22-24-20-28(38(40,41)42)33(43)29(39)21-24)55-36(52)46-15-11-27(12-16-46)49-17-8-25-6-4-5-7-30(25)44-35(49)51/h4-7,20-21,26-27,31-32H,3,8-19,22-23,43H2,1-2H3,(H,44,51)/t31-,32+/m1/s1. The van der Waals surface area contributed by atoms with Gasteiger partial charge in [-0.15, -0.1) is 0 Å². The first-order valence-corrected chi connectivity index (χ1v) is 19.4. The molecule has 0 unspecified atom stereocenters. The van der Waals surface area contributed by atoms with E-state index in [0.29, 0.717) is 32.4 Å². The Bertz CT molecular complexity index is 1750. The summed E-state index contributed by atoms with van der Waals surface area (Å²) >= 11 is 6.14. The number of halogens is 4. The Balaban J connectivity index is 1.18. The van der Waals surface area contributed by atoms with Crippen molar-refractivity contribution in [2.75, 3.05) is 77.1 Å². The molecule has 4 heterocycles. The van der Waals surface area contributed by atoms with Crippen LogP contribution in [-0.4, -0.2) is 139 Å². The van der Waals surface area contributed by atoms with Crippen molar-refractivity contribution < 1.29 is 46.6 Å². The molecule has 3 N–H and O–H groups in total. The Morgan fingerprint density at radius 3 is 2.36 bits per heavy atom. The summed E-state index contributed by atoms with van der Waals surface area (Å²) in [6.07, 6.45) is -6.21. The minimum absolute atomic E-state index is 0.0150. The zero-order valence-electron chi connectivity index (χ0n) is 31.6. The highest BCUT2D eigenvalue weighted by Crippen LogP contribution is 2.38. The molecule has 0 bridgehead atoms. The first-order valence-electron chi connectivity index (χ1n) is 19.0. The van der Waals surface area contributed by atoms with Gasteiger partial charge in [-0.1, -0.05) is 29.8 Å². The van der Waals surface area contributed by atoms with Gasteiger partial charge in [-0.05, 0) is 88.5 Å². The number of para-hydroxylation sites is 1. The molecule has 0 saturated carbocycles. The number of hydrogen-bond donors (Lipinski definition) is 2. The SMILES string of the molecule is CCOC(=O)O[C@H]1CN(C(=O)[C@@H](Cc2cc(Cl)c(N)c(C(F)(F)F)c2)OC(=O)N2CCC(N3CCc4ccccc4NC3=O)CC2)CCN1C1CCN(C)CC1. The summed E-state index contributed by atoms with van der Waals surface area (Å²) in [5.74, 6) is -0.670. The van der Waals surface area contributed by atoms with Gasteiger partial charge in [-0.25, -0.2) is 14.4 Å². The number of carbonyl (C=O) groups is 4. The van der Waals surface area contributed by atoms with Gasteiger partial charge < -0.3 is 44.9 Å². The van der Waals surface area contributed by atoms with Crippen molar-refractivity contribution in [1.82, 2.24) is 24.5 Å². The summed E-state index contributed by atoms with van der Waals surface area (Å²) in [6, 6.07) is 9.35. The van der Waals surface area contributed by atoms with Crippen LogP contribution in [0.1, 0.15) is 49.3 Å². The third-order valence-corrected chi connectivity index (χ3v) is 11.4. The maximum Gasteiger partial charge on any atom is 0.509 e. The number of fused-ring (bicyclic) bond motifs is 1. The number of alkyl halides is 3. The summed E-state index contributed by atoms with van der Waals surface area (Å²) in [6.45, 7) is 4.80. The Hall–Kier alpha value is -4.48. The van der Waals surface area contributed by atoms with Gasteiger partial charge in [0.2, 0.25) is 0 Å². The van der Waals surface area contributed by atoms with Crippen LogP contribution >= 0.6 is 11.6 Å². The normalized spacial score (nSPS) is 21.1. The second kappa shape index (κ2) is 17.8. The third kappa shape index (κ3) is 9.72. The van der Waals surface area contributed by atoms with Crippen LogP contribution in [0.4, 0.5) is 38.9 Å². The van der Waals surface area contributed by atoms with Crippen molar-refractivity contribution in [1.29, 1.82) is 0 Å².